The van der Waals surface area contributed by atoms with Crippen molar-refractivity contribution in [2.24, 2.45) is 5.73 Å². The summed E-state index contributed by atoms with van der Waals surface area (Å²) >= 11 is 0. The molecule has 2 atom stereocenters. The van der Waals surface area contributed by atoms with Crippen LogP contribution in [-0.2, 0) is 20.7 Å². The van der Waals surface area contributed by atoms with Gasteiger partial charge in [-0.05, 0) is 35.6 Å². The first kappa shape index (κ1) is 20.6. The lowest BCUT2D eigenvalue weighted by Gasteiger charge is -2.27. The molecule has 0 bridgehead atoms. The number of nitrogens with two attached hydrogens (primary N) is 2. The molecule has 1 aromatic carbocycles. The molecule has 0 aliphatic carbocycles. The molecule has 1 aromatic heterocycles. The molecule has 1 aliphatic rings. The van der Waals surface area contributed by atoms with Gasteiger partial charge in [-0.25, -0.2) is 9.78 Å². The molecule has 0 spiro atoms. The number of likely N-dealkylation sites (tertiary alicyclic amines) is 1. The first-order valence-electron chi connectivity index (χ1n) is 8.67. The molecule has 1 aliphatic heterocycles. The second-order valence-corrected chi connectivity index (χ2v) is 6.59. The van der Waals surface area contributed by atoms with Crippen LogP contribution in [-0.4, -0.2) is 53.9 Å². The molecular weight excluding hydrogens is 393 g/mol. The van der Waals surface area contributed by atoms with Gasteiger partial charge in [0.1, 0.15) is 17.6 Å². The van der Waals surface area contributed by atoms with Crippen molar-refractivity contribution < 1.29 is 32.2 Å². The fourth-order valence-corrected chi connectivity index (χ4v) is 3.35. The highest BCUT2D eigenvalue weighted by Crippen LogP contribution is 2.34. The molecule has 156 valence electrons. The van der Waals surface area contributed by atoms with Crippen molar-refractivity contribution in [3.63, 3.8) is 0 Å². The van der Waals surface area contributed by atoms with Crippen molar-refractivity contribution >= 4 is 28.5 Å². The Balaban J connectivity index is 2.06. The van der Waals surface area contributed by atoms with Gasteiger partial charge in [0.05, 0.1) is 13.2 Å². The number of anilines is 1. The molecule has 29 heavy (non-hydrogen) atoms. The standard InChI is InChI=1S/C18H19F3N4O4/c1-28-17(27)13(25-5-3-12(22)16(25)26)7-10-6-9-2-4-24-15(23)11(9)8-14(10)29-18(19,20)21/h2,4,6,8,12-13H,3,5,7,22H2,1H3,(H2,23,24)/t12-,13+/m0/s1. The number of esters is 1. The molecule has 1 fully saturated rings. The number of pyridine rings is 1. The topological polar surface area (TPSA) is 121 Å². The Kier molecular flexibility index (Phi) is 5.51. The second-order valence-electron chi connectivity index (χ2n) is 6.59. The predicted molar refractivity (Wildman–Crippen MR) is 96.7 cm³/mol. The van der Waals surface area contributed by atoms with E-state index in [-0.39, 0.29) is 29.7 Å². The summed E-state index contributed by atoms with van der Waals surface area (Å²) in [5, 5.41) is 0.777. The molecule has 8 nitrogen and oxygen atoms in total. The smallest absolute Gasteiger partial charge is 0.467 e. The van der Waals surface area contributed by atoms with E-state index in [1.807, 2.05) is 0 Å². The number of hydrogen-bond acceptors (Lipinski definition) is 7. The highest BCUT2D eigenvalue weighted by atomic mass is 19.4. The van der Waals surface area contributed by atoms with Crippen molar-refractivity contribution in [3.8, 4) is 5.75 Å². The highest BCUT2D eigenvalue weighted by molar-refractivity contribution is 5.93. The Hall–Kier alpha value is -3.08. The van der Waals surface area contributed by atoms with Gasteiger partial charge in [0.25, 0.3) is 0 Å². The summed E-state index contributed by atoms with van der Waals surface area (Å²) in [6, 6.07) is 2.19. The zero-order valence-corrected chi connectivity index (χ0v) is 15.4. The average molecular weight is 412 g/mol. The molecule has 3 rings (SSSR count). The number of aromatic nitrogens is 1. The van der Waals surface area contributed by atoms with Gasteiger partial charge in [-0.1, -0.05) is 0 Å². The monoisotopic (exact) mass is 412 g/mol. The minimum atomic E-state index is -4.97. The SMILES string of the molecule is COC(=O)[C@@H](Cc1cc2ccnc(N)c2cc1OC(F)(F)F)N1CC[C@H](N)C1=O. The number of nitrogens with zero attached hydrogens (tertiary/aromatic N) is 2. The van der Waals surface area contributed by atoms with Gasteiger partial charge in [-0.15, -0.1) is 13.2 Å². The Labute approximate surface area is 163 Å². The van der Waals surface area contributed by atoms with Gasteiger partial charge in [-0.3, -0.25) is 4.79 Å². The maximum atomic E-state index is 13.0. The van der Waals surface area contributed by atoms with Crippen LogP contribution in [0.4, 0.5) is 19.0 Å². The number of alkyl halides is 3. The van der Waals surface area contributed by atoms with E-state index in [0.29, 0.717) is 11.8 Å². The third kappa shape index (κ3) is 4.34. The fraction of sp³-hybridized carbons (Fsp3) is 0.389. The second kappa shape index (κ2) is 7.74. The summed E-state index contributed by atoms with van der Waals surface area (Å²) < 4.78 is 47.8. The fourth-order valence-electron chi connectivity index (χ4n) is 3.35. The predicted octanol–water partition coefficient (Wildman–Crippen LogP) is 1.36. The van der Waals surface area contributed by atoms with Crippen molar-refractivity contribution in [2.75, 3.05) is 19.4 Å². The third-order valence-corrected chi connectivity index (χ3v) is 4.75. The molecule has 11 heteroatoms. The number of nitrogen functional groups attached to an aromatic ring is 1. The lowest BCUT2D eigenvalue weighted by atomic mass is 10.00. The lowest BCUT2D eigenvalue weighted by Crippen LogP contribution is -2.46. The van der Waals surface area contributed by atoms with Crippen LogP contribution < -0.4 is 16.2 Å². The van der Waals surface area contributed by atoms with Crippen LogP contribution in [0.5, 0.6) is 5.75 Å². The molecule has 0 unspecified atom stereocenters. The molecule has 0 radical (unpaired) electrons. The van der Waals surface area contributed by atoms with Gasteiger partial charge < -0.3 is 25.8 Å². The van der Waals surface area contributed by atoms with E-state index in [9.17, 15) is 22.8 Å². The van der Waals surface area contributed by atoms with E-state index in [1.165, 1.54) is 17.2 Å². The van der Waals surface area contributed by atoms with Crippen LogP contribution in [0.1, 0.15) is 12.0 Å². The van der Waals surface area contributed by atoms with Gasteiger partial charge in [0, 0.05) is 24.5 Å². The number of fused-ring (bicyclic) bond motifs is 1. The molecule has 2 aromatic rings. The van der Waals surface area contributed by atoms with Crippen LogP contribution in [0.2, 0.25) is 0 Å². The Morgan fingerprint density at radius 1 is 1.41 bits per heavy atom. The van der Waals surface area contributed by atoms with Gasteiger partial charge in [-0.2, -0.15) is 0 Å². The third-order valence-electron chi connectivity index (χ3n) is 4.75. The van der Waals surface area contributed by atoms with E-state index < -0.39 is 36.1 Å². The van der Waals surface area contributed by atoms with Crippen LogP contribution in [0.3, 0.4) is 0 Å². The molecule has 1 saturated heterocycles. The quantitative estimate of drug-likeness (QED) is 0.712. The minimum Gasteiger partial charge on any atom is -0.467 e. The zero-order chi connectivity index (χ0) is 21.3. The van der Waals surface area contributed by atoms with E-state index in [1.54, 1.807) is 6.07 Å². The number of halogens is 3. The summed E-state index contributed by atoms with van der Waals surface area (Å²) in [5.74, 6) is -1.73. The highest BCUT2D eigenvalue weighted by Gasteiger charge is 2.39. The van der Waals surface area contributed by atoms with E-state index in [4.69, 9.17) is 16.2 Å². The van der Waals surface area contributed by atoms with Crippen LogP contribution in [0, 0.1) is 0 Å². The number of hydrogen-bond donors (Lipinski definition) is 2. The van der Waals surface area contributed by atoms with Crippen LogP contribution in [0.25, 0.3) is 10.8 Å². The summed E-state index contributed by atoms with van der Waals surface area (Å²) in [4.78, 5) is 29.7. The number of benzene rings is 1. The van der Waals surface area contributed by atoms with Gasteiger partial charge in [0.2, 0.25) is 5.91 Å². The Morgan fingerprint density at radius 3 is 2.72 bits per heavy atom. The first-order chi connectivity index (χ1) is 13.6. The molecule has 0 saturated carbocycles. The van der Waals surface area contributed by atoms with Crippen molar-refractivity contribution in [1.82, 2.24) is 9.88 Å². The minimum absolute atomic E-state index is 0.0336. The van der Waals surface area contributed by atoms with Crippen LogP contribution in [0.15, 0.2) is 24.4 Å². The molecule has 4 N–H and O–H groups in total. The van der Waals surface area contributed by atoms with E-state index >= 15 is 0 Å². The summed E-state index contributed by atoms with van der Waals surface area (Å²) in [7, 11) is 1.13. The number of ether oxygens (including phenoxy) is 2. The molecule has 2 heterocycles. The largest absolute Gasteiger partial charge is 0.573 e. The van der Waals surface area contributed by atoms with Crippen LogP contribution >= 0.6 is 0 Å². The van der Waals surface area contributed by atoms with Crippen molar-refractivity contribution in [2.45, 2.75) is 31.3 Å². The maximum absolute atomic E-state index is 13.0. The lowest BCUT2D eigenvalue weighted by molar-refractivity contribution is -0.274. The maximum Gasteiger partial charge on any atom is 0.573 e. The van der Waals surface area contributed by atoms with E-state index in [0.717, 1.165) is 13.2 Å². The zero-order valence-electron chi connectivity index (χ0n) is 15.4. The first-order valence-corrected chi connectivity index (χ1v) is 8.67. The number of methoxy groups -OCH3 is 1. The molecule has 1 amide bonds. The van der Waals surface area contributed by atoms with Gasteiger partial charge in [0.15, 0.2) is 0 Å². The average Bonchev–Trinajstić information content (AvgIpc) is 2.97. The number of rotatable bonds is 5. The summed E-state index contributed by atoms with van der Waals surface area (Å²) in [5.41, 5.74) is 11.5. The Bertz CT molecular complexity index is 951. The van der Waals surface area contributed by atoms with Crippen molar-refractivity contribution in [3.05, 3.63) is 30.0 Å². The van der Waals surface area contributed by atoms with Gasteiger partial charge >= 0.3 is 12.3 Å². The number of amides is 1. The summed E-state index contributed by atoms with van der Waals surface area (Å²) in [6.07, 6.45) is -3.48. The number of carbonyl (C=O) groups excluding carboxylic acids is 2. The molecular formula is C18H19F3N4O4. The normalized spacial score (nSPS) is 18.2. The van der Waals surface area contributed by atoms with Crippen molar-refractivity contribution in [1.29, 1.82) is 0 Å². The Morgan fingerprint density at radius 2 is 2.14 bits per heavy atom. The van der Waals surface area contributed by atoms with E-state index in [2.05, 4.69) is 9.72 Å². The summed E-state index contributed by atoms with van der Waals surface area (Å²) in [6.45, 7) is 0.194. The number of carbonyl (C=O) groups is 2.